The summed E-state index contributed by atoms with van der Waals surface area (Å²) in [5.41, 5.74) is -2.32. The molecule has 2 spiro atoms. The Balaban J connectivity index is 1.27. The van der Waals surface area contributed by atoms with Crippen LogP contribution in [0.25, 0.3) is 0 Å². The zero-order valence-corrected chi connectivity index (χ0v) is 20.5. The molecule has 2 aromatic rings. The number of carbonyl (C=O) groups is 8. The SMILES string of the molecule is Cc1cc(C)c(N2C(=O)C3(C(=O)N(c4cccc(N5C(=O)C6(C(=O)N(C)C6=O)C5=O)c4)C3=O)C2=O)cc1C. The average Bonchev–Trinajstić information content (AvgIpc) is 2.88. The van der Waals surface area contributed by atoms with Crippen molar-refractivity contribution < 1.29 is 38.4 Å². The van der Waals surface area contributed by atoms with Crippen LogP contribution in [0.5, 0.6) is 0 Å². The minimum atomic E-state index is -2.47. The maximum atomic E-state index is 13.1. The highest BCUT2D eigenvalue weighted by Gasteiger charge is 2.81. The summed E-state index contributed by atoms with van der Waals surface area (Å²) in [7, 11) is 1.15. The molecule has 6 rings (SSSR count). The monoisotopic (exact) mass is 514 g/mol. The number of β-lactam (4-membered cyclic amide) rings is 8. The van der Waals surface area contributed by atoms with Gasteiger partial charge in [-0.05, 0) is 61.7 Å². The van der Waals surface area contributed by atoms with E-state index in [1.165, 1.54) is 18.2 Å². The lowest BCUT2D eigenvalue weighted by molar-refractivity contribution is -0.185. The van der Waals surface area contributed by atoms with E-state index in [1.807, 2.05) is 13.8 Å². The molecule has 4 aliphatic rings. The summed E-state index contributed by atoms with van der Waals surface area (Å²) in [4.78, 5) is 105. The van der Waals surface area contributed by atoms with Crippen LogP contribution in [0.2, 0.25) is 0 Å². The van der Waals surface area contributed by atoms with Crippen molar-refractivity contribution in [1.29, 1.82) is 0 Å². The molecule has 12 nitrogen and oxygen atoms in total. The normalized spacial score (nSPS) is 21.3. The molecule has 190 valence electrons. The molecular weight excluding hydrogens is 496 g/mol. The Morgan fingerprint density at radius 1 is 0.500 bits per heavy atom. The summed E-state index contributed by atoms with van der Waals surface area (Å²) < 4.78 is 0. The summed E-state index contributed by atoms with van der Waals surface area (Å²) in [6, 6.07) is 8.57. The van der Waals surface area contributed by atoms with Gasteiger partial charge in [0.25, 0.3) is 58.1 Å². The summed E-state index contributed by atoms with van der Waals surface area (Å²) in [5.74, 6) is -7.90. The van der Waals surface area contributed by atoms with Gasteiger partial charge in [-0.15, -0.1) is 0 Å². The zero-order valence-electron chi connectivity index (χ0n) is 20.5. The summed E-state index contributed by atoms with van der Waals surface area (Å²) in [6.07, 6.45) is 0. The fourth-order valence-corrected chi connectivity index (χ4v) is 5.41. The molecule has 0 saturated carbocycles. The van der Waals surface area contributed by atoms with Crippen molar-refractivity contribution in [2.45, 2.75) is 20.8 Å². The third-order valence-corrected chi connectivity index (χ3v) is 7.79. The average molecular weight is 514 g/mol. The Kier molecular flexibility index (Phi) is 4.22. The quantitative estimate of drug-likeness (QED) is 0.407. The van der Waals surface area contributed by atoms with Crippen LogP contribution >= 0.6 is 0 Å². The second-order valence-electron chi connectivity index (χ2n) is 9.75. The molecule has 38 heavy (non-hydrogen) atoms. The second kappa shape index (κ2) is 6.85. The zero-order chi connectivity index (χ0) is 27.6. The highest BCUT2D eigenvalue weighted by atomic mass is 16.2. The van der Waals surface area contributed by atoms with Crippen LogP contribution in [0, 0.1) is 31.6 Å². The van der Waals surface area contributed by atoms with E-state index in [9.17, 15) is 38.4 Å². The van der Waals surface area contributed by atoms with Gasteiger partial charge in [0.1, 0.15) is 0 Å². The van der Waals surface area contributed by atoms with E-state index in [0.29, 0.717) is 26.0 Å². The summed E-state index contributed by atoms with van der Waals surface area (Å²) in [5, 5.41) is 0. The van der Waals surface area contributed by atoms with Gasteiger partial charge in [-0.25, -0.2) is 14.7 Å². The molecular formula is C26H18N4O8. The third-order valence-electron chi connectivity index (χ3n) is 7.79. The lowest BCUT2D eigenvalue weighted by atomic mass is 9.68. The number of hydrogen-bond donors (Lipinski definition) is 0. The number of carbonyl (C=O) groups excluding carboxylic acids is 8. The van der Waals surface area contributed by atoms with Crippen LogP contribution < -0.4 is 14.7 Å². The molecule has 2 aromatic carbocycles. The number of imide groups is 4. The topological polar surface area (TPSA) is 150 Å². The van der Waals surface area contributed by atoms with Crippen LogP contribution in [0.15, 0.2) is 36.4 Å². The molecule has 0 N–H and O–H groups in total. The minimum Gasteiger partial charge on any atom is -0.282 e. The van der Waals surface area contributed by atoms with Crippen molar-refractivity contribution in [3.8, 4) is 0 Å². The molecule has 0 bridgehead atoms. The highest BCUT2D eigenvalue weighted by molar-refractivity contribution is 6.64. The number of rotatable bonds is 3. The van der Waals surface area contributed by atoms with E-state index in [-0.39, 0.29) is 11.4 Å². The van der Waals surface area contributed by atoms with Gasteiger partial charge < -0.3 is 0 Å². The highest BCUT2D eigenvalue weighted by Crippen LogP contribution is 2.50. The van der Waals surface area contributed by atoms with Gasteiger partial charge in [0, 0.05) is 7.05 Å². The van der Waals surface area contributed by atoms with Gasteiger partial charge in [-0.2, -0.15) is 0 Å². The first-order chi connectivity index (χ1) is 17.8. The molecule has 4 fully saturated rings. The van der Waals surface area contributed by atoms with Gasteiger partial charge >= 0.3 is 0 Å². The summed E-state index contributed by atoms with van der Waals surface area (Å²) >= 11 is 0. The van der Waals surface area contributed by atoms with Crippen LogP contribution in [0.4, 0.5) is 17.1 Å². The maximum absolute atomic E-state index is 13.1. The van der Waals surface area contributed by atoms with Crippen LogP contribution in [0.1, 0.15) is 16.7 Å². The van der Waals surface area contributed by atoms with Gasteiger partial charge in [0.05, 0.1) is 17.1 Å². The molecule has 0 aliphatic carbocycles. The smallest absolute Gasteiger partial charge is 0.282 e. The predicted octanol–water partition coefficient (Wildman–Crippen LogP) is -0.0969. The Morgan fingerprint density at radius 3 is 1.37 bits per heavy atom. The van der Waals surface area contributed by atoms with E-state index in [4.69, 9.17) is 0 Å². The maximum Gasteiger partial charge on any atom is 0.286 e. The lowest BCUT2D eigenvalue weighted by Gasteiger charge is -2.53. The molecule has 8 amide bonds. The standard InChI is InChI=1S/C26H18N4O8/c1-11-8-13(3)16(9-12(11)2)30-23(37)26(24(30)38)21(35)29(22(26)36)15-7-5-6-14(10-15)28-19(33)25(20(28)34)17(31)27(4)18(25)32/h5-10H,1-4H3. The molecule has 0 atom stereocenters. The first kappa shape index (κ1) is 23.4. The minimum absolute atomic E-state index is 0.0847. The number of benzene rings is 2. The predicted molar refractivity (Wildman–Crippen MR) is 127 cm³/mol. The fraction of sp³-hybridized carbons (Fsp3) is 0.231. The Morgan fingerprint density at radius 2 is 0.895 bits per heavy atom. The van der Waals surface area contributed by atoms with E-state index in [0.717, 1.165) is 29.1 Å². The van der Waals surface area contributed by atoms with Crippen molar-refractivity contribution in [3.05, 3.63) is 53.1 Å². The van der Waals surface area contributed by atoms with Crippen molar-refractivity contribution in [2.75, 3.05) is 21.7 Å². The van der Waals surface area contributed by atoms with Crippen LogP contribution in [0.3, 0.4) is 0 Å². The van der Waals surface area contributed by atoms with Gasteiger partial charge in [-0.3, -0.25) is 43.3 Å². The summed E-state index contributed by atoms with van der Waals surface area (Å²) in [6.45, 7) is 5.39. The molecule has 0 aromatic heterocycles. The van der Waals surface area contributed by atoms with E-state index in [2.05, 4.69) is 0 Å². The van der Waals surface area contributed by atoms with Gasteiger partial charge in [-0.1, -0.05) is 12.1 Å². The first-order valence-electron chi connectivity index (χ1n) is 11.5. The molecule has 4 heterocycles. The van der Waals surface area contributed by atoms with E-state index >= 15 is 0 Å². The molecule has 0 unspecified atom stereocenters. The van der Waals surface area contributed by atoms with Gasteiger partial charge in [0.15, 0.2) is 0 Å². The number of anilines is 3. The van der Waals surface area contributed by atoms with Gasteiger partial charge in [0.2, 0.25) is 0 Å². The third kappa shape index (κ3) is 2.18. The Bertz CT molecular complexity index is 1590. The van der Waals surface area contributed by atoms with E-state index < -0.39 is 58.1 Å². The van der Waals surface area contributed by atoms with E-state index in [1.54, 1.807) is 19.1 Å². The number of amides is 8. The molecule has 0 radical (unpaired) electrons. The van der Waals surface area contributed by atoms with Crippen molar-refractivity contribution >= 4 is 64.3 Å². The van der Waals surface area contributed by atoms with Crippen LogP contribution in [-0.2, 0) is 38.4 Å². The Labute approximate surface area is 214 Å². The molecule has 12 heteroatoms. The first-order valence-corrected chi connectivity index (χ1v) is 11.5. The Hall–Kier alpha value is -5.00. The number of likely N-dealkylation sites (tertiary alicyclic amines) is 1. The number of nitrogens with zero attached hydrogens (tertiary/aromatic N) is 4. The van der Waals surface area contributed by atoms with Crippen molar-refractivity contribution in [2.24, 2.45) is 10.8 Å². The second-order valence-corrected chi connectivity index (χ2v) is 9.75. The van der Waals surface area contributed by atoms with Crippen molar-refractivity contribution in [1.82, 2.24) is 4.90 Å². The van der Waals surface area contributed by atoms with Crippen molar-refractivity contribution in [3.63, 3.8) is 0 Å². The largest absolute Gasteiger partial charge is 0.286 e. The number of aryl methyl sites for hydroxylation is 3. The lowest BCUT2D eigenvalue weighted by Crippen LogP contribution is -2.85. The molecule has 4 aliphatic heterocycles. The molecule has 4 saturated heterocycles. The van der Waals surface area contributed by atoms with Crippen LogP contribution in [-0.4, -0.2) is 59.2 Å². The fourth-order valence-electron chi connectivity index (χ4n) is 5.41. The number of hydrogen-bond acceptors (Lipinski definition) is 8.